The van der Waals surface area contributed by atoms with Crippen LogP contribution in [0.2, 0.25) is 0 Å². The molecule has 0 saturated carbocycles. The van der Waals surface area contributed by atoms with E-state index in [1.54, 1.807) is 23.1 Å². The zero-order valence-electron chi connectivity index (χ0n) is 11.1. The maximum Gasteiger partial charge on any atom is 0.270 e. The average molecular weight is 275 g/mol. The number of carbonyl (C=O) groups is 1. The summed E-state index contributed by atoms with van der Waals surface area (Å²) in [4.78, 5) is 23.9. The van der Waals surface area contributed by atoms with E-state index in [0.717, 1.165) is 12.8 Å². The van der Waals surface area contributed by atoms with Crippen molar-refractivity contribution in [3.05, 3.63) is 46.0 Å². The summed E-state index contributed by atoms with van der Waals surface area (Å²) < 4.78 is 0. The van der Waals surface area contributed by atoms with Crippen molar-refractivity contribution in [3.8, 4) is 0 Å². The Morgan fingerprint density at radius 3 is 3.00 bits per heavy atom. The van der Waals surface area contributed by atoms with E-state index in [-0.39, 0.29) is 17.6 Å². The summed E-state index contributed by atoms with van der Waals surface area (Å²) in [5.74, 6) is -0.105. The number of amides is 1. The normalized spacial score (nSPS) is 19.2. The predicted octanol–water partition coefficient (Wildman–Crippen LogP) is 1.56. The molecule has 0 radical (unpaired) electrons. The molecule has 20 heavy (non-hydrogen) atoms. The molecule has 1 heterocycles. The van der Waals surface area contributed by atoms with Crippen molar-refractivity contribution in [2.75, 3.05) is 13.1 Å². The highest BCUT2D eigenvalue weighted by Gasteiger charge is 2.19. The molecule has 0 spiro atoms. The van der Waals surface area contributed by atoms with Gasteiger partial charge in [-0.05, 0) is 24.5 Å². The lowest BCUT2D eigenvalue weighted by molar-refractivity contribution is -0.384. The molecule has 1 amide bonds. The van der Waals surface area contributed by atoms with Crippen LogP contribution in [0.4, 0.5) is 5.69 Å². The summed E-state index contributed by atoms with van der Waals surface area (Å²) in [6, 6.07) is 6.21. The molecule has 1 atom stereocenters. The topological polar surface area (TPSA) is 89.5 Å². The van der Waals surface area contributed by atoms with E-state index in [1.807, 2.05) is 0 Å². The first-order valence-corrected chi connectivity index (χ1v) is 6.53. The van der Waals surface area contributed by atoms with Crippen molar-refractivity contribution < 1.29 is 9.72 Å². The third-order valence-corrected chi connectivity index (χ3v) is 3.27. The van der Waals surface area contributed by atoms with Gasteiger partial charge in [0.05, 0.1) is 4.92 Å². The third-order valence-electron chi connectivity index (χ3n) is 3.27. The second-order valence-electron chi connectivity index (χ2n) is 4.87. The fraction of sp³-hybridized carbons (Fsp3) is 0.357. The molecule has 0 bridgehead atoms. The van der Waals surface area contributed by atoms with Crippen LogP contribution >= 0.6 is 0 Å². The molecule has 1 aliphatic rings. The second-order valence-corrected chi connectivity index (χ2v) is 4.87. The van der Waals surface area contributed by atoms with E-state index in [2.05, 4.69) is 0 Å². The number of non-ortho nitro benzene ring substituents is 1. The van der Waals surface area contributed by atoms with Crippen LogP contribution in [-0.4, -0.2) is 34.9 Å². The minimum atomic E-state index is -0.456. The lowest BCUT2D eigenvalue weighted by Crippen LogP contribution is -2.45. The van der Waals surface area contributed by atoms with E-state index < -0.39 is 4.92 Å². The molecular weight excluding hydrogens is 258 g/mol. The van der Waals surface area contributed by atoms with Gasteiger partial charge in [-0.3, -0.25) is 14.9 Å². The Morgan fingerprint density at radius 2 is 2.30 bits per heavy atom. The van der Waals surface area contributed by atoms with Gasteiger partial charge in [-0.1, -0.05) is 12.1 Å². The number of nitro groups is 1. The Hall–Kier alpha value is -2.21. The van der Waals surface area contributed by atoms with Crippen molar-refractivity contribution in [2.24, 2.45) is 5.73 Å². The molecule has 1 aromatic carbocycles. The maximum atomic E-state index is 12.0. The number of nitrogens with two attached hydrogens (primary N) is 1. The van der Waals surface area contributed by atoms with E-state index >= 15 is 0 Å². The predicted molar refractivity (Wildman–Crippen MR) is 75.9 cm³/mol. The Bertz CT molecular complexity index is 542. The number of piperidine rings is 1. The number of likely N-dealkylation sites (tertiary alicyclic amines) is 1. The maximum absolute atomic E-state index is 12.0. The number of hydrogen-bond acceptors (Lipinski definition) is 4. The number of rotatable bonds is 3. The van der Waals surface area contributed by atoms with Crippen molar-refractivity contribution in [3.63, 3.8) is 0 Å². The van der Waals surface area contributed by atoms with Gasteiger partial charge in [0.2, 0.25) is 5.91 Å². The molecular formula is C14H17N3O3. The molecule has 1 aromatic rings. The van der Waals surface area contributed by atoms with Gasteiger partial charge in [-0.25, -0.2) is 0 Å². The zero-order valence-corrected chi connectivity index (χ0v) is 11.1. The van der Waals surface area contributed by atoms with Gasteiger partial charge in [-0.2, -0.15) is 0 Å². The van der Waals surface area contributed by atoms with Gasteiger partial charge in [0.25, 0.3) is 5.69 Å². The molecule has 6 heteroatoms. The molecule has 106 valence electrons. The first-order valence-electron chi connectivity index (χ1n) is 6.53. The number of benzene rings is 1. The Labute approximate surface area is 117 Å². The van der Waals surface area contributed by atoms with Crippen LogP contribution in [0, 0.1) is 10.1 Å². The minimum absolute atomic E-state index is 0.0135. The second kappa shape index (κ2) is 6.29. The molecule has 1 fully saturated rings. The Kier molecular flexibility index (Phi) is 4.47. The van der Waals surface area contributed by atoms with E-state index in [0.29, 0.717) is 18.7 Å². The number of nitrogens with zero attached hydrogens (tertiary/aromatic N) is 2. The summed E-state index contributed by atoms with van der Waals surface area (Å²) in [7, 11) is 0. The van der Waals surface area contributed by atoms with Gasteiger partial charge in [-0.15, -0.1) is 0 Å². The SMILES string of the molecule is NC1CCCN(C(=O)C=Cc2cccc([N+](=O)[O-])c2)C1. The van der Waals surface area contributed by atoms with Gasteiger partial charge in [0, 0.05) is 37.3 Å². The van der Waals surface area contributed by atoms with Gasteiger partial charge in [0.15, 0.2) is 0 Å². The lowest BCUT2D eigenvalue weighted by Gasteiger charge is -2.29. The Balaban J connectivity index is 2.03. The van der Waals surface area contributed by atoms with Gasteiger partial charge in [0.1, 0.15) is 0 Å². The fourth-order valence-corrected chi connectivity index (χ4v) is 2.23. The highest BCUT2D eigenvalue weighted by molar-refractivity contribution is 5.91. The number of hydrogen-bond donors (Lipinski definition) is 1. The summed E-state index contributed by atoms with van der Waals surface area (Å²) in [6.07, 6.45) is 4.89. The van der Waals surface area contributed by atoms with Crippen molar-refractivity contribution in [1.29, 1.82) is 0 Å². The van der Waals surface area contributed by atoms with E-state index in [9.17, 15) is 14.9 Å². The van der Waals surface area contributed by atoms with Crippen LogP contribution in [0.5, 0.6) is 0 Å². The van der Waals surface area contributed by atoms with Crippen LogP contribution in [-0.2, 0) is 4.79 Å². The molecule has 1 aliphatic heterocycles. The van der Waals surface area contributed by atoms with Crippen LogP contribution in [0.3, 0.4) is 0 Å². The summed E-state index contributed by atoms with van der Waals surface area (Å²) in [5, 5.41) is 10.7. The smallest absolute Gasteiger partial charge is 0.270 e. The molecule has 0 aliphatic carbocycles. The monoisotopic (exact) mass is 275 g/mol. The zero-order chi connectivity index (χ0) is 14.5. The van der Waals surface area contributed by atoms with Crippen molar-refractivity contribution >= 4 is 17.7 Å². The van der Waals surface area contributed by atoms with Crippen LogP contribution < -0.4 is 5.73 Å². The van der Waals surface area contributed by atoms with Crippen molar-refractivity contribution in [1.82, 2.24) is 4.90 Å². The van der Waals surface area contributed by atoms with Crippen LogP contribution in [0.25, 0.3) is 6.08 Å². The van der Waals surface area contributed by atoms with E-state index in [1.165, 1.54) is 18.2 Å². The summed E-state index contributed by atoms with van der Waals surface area (Å²) >= 11 is 0. The van der Waals surface area contributed by atoms with Gasteiger partial charge < -0.3 is 10.6 Å². The fourth-order valence-electron chi connectivity index (χ4n) is 2.23. The minimum Gasteiger partial charge on any atom is -0.338 e. The van der Waals surface area contributed by atoms with E-state index in [4.69, 9.17) is 5.73 Å². The highest BCUT2D eigenvalue weighted by atomic mass is 16.6. The first-order chi connectivity index (χ1) is 9.56. The molecule has 2 N–H and O–H groups in total. The van der Waals surface area contributed by atoms with Crippen LogP contribution in [0.15, 0.2) is 30.3 Å². The Morgan fingerprint density at radius 1 is 1.50 bits per heavy atom. The number of carbonyl (C=O) groups excluding carboxylic acids is 1. The lowest BCUT2D eigenvalue weighted by atomic mass is 10.1. The number of nitro benzene ring substituents is 1. The molecule has 0 aromatic heterocycles. The average Bonchev–Trinajstić information content (AvgIpc) is 2.45. The summed E-state index contributed by atoms with van der Waals surface area (Å²) in [6.45, 7) is 1.28. The largest absolute Gasteiger partial charge is 0.338 e. The van der Waals surface area contributed by atoms with Gasteiger partial charge >= 0.3 is 0 Å². The molecule has 2 rings (SSSR count). The summed E-state index contributed by atoms with van der Waals surface area (Å²) in [5.41, 5.74) is 6.48. The molecule has 1 unspecified atom stereocenters. The highest BCUT2D eigenvalue weighted by Crippen LogP contribution is 2.15. The third kappa shape index (κ3) is 3.64. The quantitative estimate of drug-likeness (QED) is 0.515. The van der Waals surface area contributed by atoms with Crippen LogP contribution in [0.1, 0.15) is 18.4 Å². The van der Waals surface area contributed by atoms with Crippen molar-refractivity contribution in [2.45, 2.75) is 18.9 Å². The molecule has 1 saturated heterocycles. The standard InChI is InChI=1S/C14H17N3O3/c15-12-4-2-8-16(10-12)14(18)7-6-11-3-1-5-13(9-11)17(19)20/h1,3,5-7,9,12H,2,4,8,10,15H2. The first kappa shape index (κ1) is 14.2. The molecule has 6 nitrogen and oxygen atoms in total.